The van der Waals surface area contributed by atoms with Crippen LogP contribution in [0.15, 0.2) is 47.4 Å². The van der Waals surface area contributed by atoms with Crippen molar-refractivity contribution in [3.63, 3.8) is 0 Å². The number of hydrogen-bond donors (Lipinski definition) is 1. The van der Waals surface area contributed by atoms with Gasteiger partial charge in [-0.3, -0.25) is 9.69 Å². The number of ether oxygens (including phenoxy) is 1. The number of carbonyl (C=O) groups is 1. The zero-order chi connectivity index (χ0) is 22.9. The highest BCUT2D eigenvalue weighted by Crippen LogP contribution is 2.34. The normalized spacial score (nSPS) is 20.2. The molecule has 4 rings (SSSR count). The predicted molar refractivity (Wildman–Crippen MR) is 125 cm³/mol. The maximum absolute atomic E-state index is 13.2. The van der Waals surface area contributed by atoms with E-state index in [0.29, 0.717) is 37.7 Å². The first-order chi connectivity index (χ1) is 15.3. The van der Waals surface area contributed by atoms with Gasteiger partial charge in [0.05, 0.1) is 18.1 Å². The quantitative estimate of drug-likeness (QED) is 0.692. The summed E-state index contributed by atoms with van der Waals surface area (Å²) in [6.07, 6.45) is 0.633. The second-order valence-corrected chi connectivity index (χ2v) is 10.4. The number of nitrogens with zero attached hydrogens (tertiary/aromatic N) is 2. The first kappa shape index (κ1) is 23.2. The van der Waals surface area contributed by atoms with Gasteiger partial charge in [0, 0.05) is 49.4 Å². The molecule has 2 aliphatic heterocycles. The summed E-state index contributed by atoms with van der Waals surface area (Å²) < 4.78 is 34.6. The summed E-state index contributed by atoms with van der Waals surface area (Å²) in [6.45, 7) is 6.29. The standard InChI is InChI=1S/C23H28ClN3O4S/c1-16-13-18-14-19(7-8-22(18)27(16)17(2)28)32(29,30)25-15-23(26-9-11-31-12-10-26)20-5-3-4-6-21(20)24/h3-8,14,16,23,25H,9-13,15H2,1-2H3. The van der Waals surface area contributed by atoms with Crippen molar-refractivity contribution in [2.75, 3.05) is 37.7 Å². The molecule has 9 heteroatoms. The molecule has 2 heterocycles. The number of fused-ring (bicyclic) bond motifs is 1. The Labute approximate surface area is 194 Å². The van der Waals surface area contributed by atoms with Crippen molar-refractivity contribution < 1.29 is 17.9 Å². The molecule has 32 heavy (non-hydrogen) atoms. The highest BCUT2D eigenvalue weighted by Gasteiger charge is 2.31. The topological polar surface area (TPSA) is 79.0 Å². The minimum atomic E-state index is -3.75. The molecule has 0 saturated carbocycles. The molecule has 172 valence electrons. The number of benzene rings is 2. The molecule has 0 radical (unpaired) electrons. The van der Waals surface area contributed by atoms with Crippen LogP contribution in [0.1, 0.15) is 31.0 Å². The molecule has 2 aromatic carbocycles. The highest BCUT2D eigenvalue weighted by molar-refractivity contribution is 7.89. The molecule has 0 aromatic heterocycles. The average Bonchev–Trinajstić information content (AvgIpc) is 3.11. The van der Waals surface area contributed by atoms with Crippen molar-refractivity contribution in [1.82, 2.24) is 9.62 Å². The molecular weight excluding hydrogens is 450 g/mol. The number of amides is 1. The van der Waals surface area contributed by atoms with Gasteiger partial charge in [0.1, 0.15) is 0 Å². The molecule has 1 fully saturated rings. The van der Waals surface area contributed by atoms with Crippen molar-refractivity contribution in [1.29, 1.82) is 0 Å². The number of hydrogen-bond acceptors (Lipinski definition) is 5. The Morgan fingerprint density at radius 1 is 1.22 bits per heavy atom. The van der Waals surface area contributed by atoms with Gasteiger partial charge in [0.2, 0.25) is 15.9 Å². The largest absolute Gasteiger partial charge is 0.379 e. The summed E-state index contributed by atoms with van der Waals surface area (Å²) in [5, 5.41) is 0.610. The first-order valence-corrected chi connectivity index (χ1v) is 12.6. The minimum absolute atomic E-state index is 0.0133. The van der Waals surface area contributed by atoms with E-state index < -0.39 is 10.0 Å². The van der Waals surface area contributed by atoms with Gasteiger partial charge in [-0.1, -0.05) is 29.8 Å². The third kappa shape index (κ3) is 4.70. The van der Waals surface area contributed by atoms with Gasteiger partial charge in [-0.15, -0.1) is 0 Å². The first-order valence-electron chi connectivity index (χ1n) is 10.8. The lowest BCUT2D eigenvalue weighted by Crippen LogP contribution is -2.43. The second-order valence-electron chi connectivity index (χ2n) is 8.27. The molecular formula is C23H28ClN3O4S. The van der Waals surface area contributed by atoms with Crippen molar-refractivity contribution >= 4 is 33.2 Å². The predicted octanol–water partition coefficient (Wildman–Crippen LogP) is 2.99. The van der Waals surface area contributed by atoms with Crippen LogP contribution in [0, 0.1) is 0 Å². The average molecular weight is 478 g/mol. The Balaban J connectivity index is 1.56. The summed E-state index contributed by atoms with van der Waals surface area (Å²) in [6, 6.07) is 12.3. The van der Waals surface area contributed by atoms with Crippen molar-refractivity contribution in [2.45, 2.75) is 37.2 Å². The lowest BCUT2D eigenvalue weighted by molar-refractivity contribution is -0.116. The summed E-state index contributed by atoms with van der Waals surface area (Å²) in [4.78, 5) is 16.1. The van der Waals surface area contributed by atoms with Crippen LogP contribution in [0.3, 0.4) is 0 Å². The second kappa shape index (κ2) is 9.49. The SMILES string of the molecule is CC(=O)N1c2ccc(S(=O)(=O)NCC(c3ccccc3Cl)N3CCOCC3)cc2CC1C. The number of nitrogens with one attached hydrogen (secondary N) is 1. The van der Waals surface area contributed by atoms with Crippen LogP contribution in [0.5, 0.6) is 0 Å². The van der Waals surface area contributed by atoms with Gasteiger partial charge < -0.3 is 9.64 Å². The molecule has 2 atom stereocenters. The summed E-state index contributed by atoms with van der Waals surface area (Å²) >= 11 is 6.45. The molecule has 0 bridgehead atoms. The van der Waals surface area contributed by atoms with Gasteiger partial charge in [-0.2, -0.15) is 0 Å². The number of rotatable bonds is 6. The molecule has 0 aliphatic carbocycles. The maximum atomic E-state index is 13.2. The van der Waals surface area contributed by atoms with Crippen LogP contribution in [0.25, 0.3) is 0 Å². The Hall–Kier alpha value is -1.97. The fraction of sp³-hybridized carbons (Fsp3) is 0.435. The van der Waals surface area contributed by atoms with Crippen LogP contribution in [0.2, 0.25) is 5.02 Å². The van der Waals surface area contributed by atoms with E-state index in [1.54, 1.807) is 23.1 Å². The van der Waals surface area contributed by atoms with E-state index in [1.807, 2.05) is 31.2 Å². The minimum Gasteiger partial charge on any atom is -0.379 e. The highest BCUT2D eigenvalue weighted by atomic mass is 35.5. The van der Waals surface area contributed by atoms with E-state index in [4.69, 9.17) is 16.3 Å². The lowest BCUT2D eigenvalue weighted by Gasteiger charge is -2.35. The van der Waals surface area contributed by atoms with Crippen LogP contribution in [0.4, 0.5) is 5.69 Å². The molecule has 1 saturated heterocycles. The van der Waals surface area contributed by atoms with Crippen LogP contribution in [-0.4, -0.2) is 58.1 Å². The van der Waals surface area contributed by atoms with Gasteiger partial charge in [-0.05, 0) is 48.7 Å². The fourth-order valence-electron chi connectivity index (χ4n) is 4.60. The van der Waals surface area contributed by atoms with Gasteiger partial charge in [0.25, 0.3) is 0 Å². The van der Waals surface area contributed by atoms with Gasteiger partial charge in [-0.25, -0.2) is 13.1 Å². The van der Waals surface area contributed by atoms with Crippen molar-refractivity contribution in [3.8, 4) is 0 Å². The van der Waals surface area contributed by atoms with E-state index in [-0.39, 0.29) is 29.4 Å². The molecule has 2 unspecified atom stereocenters. The smallest absolute Gasteiger partial charge is 0.240 e. The monoisotopic (exact) mass is 477 g/mol. The molecule has 1 amide bonds. The van der Waals surface area contributed by atoms with Crippen LogP contribution >= 0.6 is 11.6 Å². The summed E-state index contributed by atoms with van der Waals surface area (Å²) in [5.41, 5.74) is 2.54. The Bertz CT molecular complexity index is 1100. The number of sulfonamides is 1. The van der Waals surface area contributed by atoms with Crippen LogP contribution in [-0.2, 0) is 26.0 Å². The Kier molecular flexibility index (Phi) is 6.88. The maximum Gasteiger partial charge on any atom is 0.240 e. The van der Waals surface area contributed by atoms with E-state index in [0.717, 1.165) is 16.8 Å². The fourth-order valence-corrected chi connectivity index (χ4v) is 5.95. The van der Waals surface area contributed by atoms with E-state index >= 15 is 0 Å². The number of halogens is 1. The van der Waals surface area contributed by atoms with Gasteiger partial charge >= 0.3 is 0 Å². The van der Waals surface area contributed by atoms with Crippen LogP contribution < -0.4 is 9.62 Å². The molecule has 2 aromatic rings. The summed E-state index contributed by atoms with van der Waals surface area (Å²) in [7, 11) is -3.75. The van der Waals surface area contributed by atoms with E-state index in [1.165, 1.54) is 6.92 Å². The zero-order valence-electron chi connectivity index (χ0n) is 18.3. The lowest BCUT2D eigenvalue weighted by atomic mass is 10.0. The summed E-state index contributed by atoms with van der Waals surface area (Å²) in [5.74, 6) is -0.0434. The molecule has 0 spiro atoms. The zero-order valence-corrected chi connectivity index (χ0v) is 19.8. The molecule has 2 aliphatic rings. The molecule has 1 N–H and O–H groups in total. The Morgan fingerprint density at radius 2 is 1.94 bits per heavy atom. The number of morpholine rings is 1. The third-order valence-corrected chi connectivity index (χ3v) is 7.90. The van der Waals surface area contributed by atoms with E-state index in [9.17, 15) is 13.2 Å². The number of carbonyl (C=O) groups excluding carboxylic acids is 1. The van der Waals surface area contributed by atoms with Gasteiger partial charge in [0.15, 0.2) is 0 Å². The van der Waals surface area contributed by atoms with E-state index in [2.05, 4.69) is 9.62 Å². The number of anilines is 1. The third-order valence-electron chi connectivity index (χ3n) is 6.13. The Morgan fingerprint density at radius 3 is 2.62 bits per heavy atom. The van der Waals surface area contributed by atoms with Crippen molar-refractivity contribution in [3.05, 3.63) is 58.6 Å². The molecule has 7 nitrogen and oxygen atoms in total. The van der Waals surface area contributed by atoms with Crippen molar-refractivity contribution in [2.24, 2.45) is 0 Å².